The zero-order valence-corrected chi connectivity index (χ0v) is 41.8. The van der Waals surface area contributed by atoms with Gasteiger partial charge in [-0.15, -0.1) is 0 Å². The van der Waals surface area contributed by atoms with Crippen molar-refractivity contribution in [3.8, 4) is 67.9 Å². The van der Waals surface area contributed by atoms with Gasteiger partial charge in [-0.2, -0.15) is 10.2 Å². The minimum Gasteiger partial charge on any atom is -0.488 e. The highest BCUT2D eigenvalue weighted by Gasteiger charge is 2.33. The first-order chi connectivity index (χ1) is 36.1. The van der Waals surface area contributed by atoms with Crippen LogP contribution in [0.4, 0.5) is 4.79 Å². The van der Waals surface area contributed by atoms with Gasteiger partial charge < -0.3 is 18.9 Å². The third-order valence-electron chi connectivity index (χ3n) is 12.4. The quantitative estimate of drug-likeness (QED) is 0.0775. The van der Waals surface area contributed by atoms with Crippen molar-refractivity contribution in [2.75, 3.05) is 0 Å². The Balaban J connectivity index is 0.922. The molecule has 0 saturated carbocycles. The number of carbonyl (C=O) groups excluding carboxylic acids is 1. The predicted molar refractivity (Wildman–Crippen MR) is 289 cm³/mol. The number of para-hydroxylation sites is 2. The van der Waals surface area contributed by atoms with Gasteiger partial charge in [-0.05, 0) is 98.5 Å². The Morgan fingerprint density at radius 2 is 0.797 bits per heavy atom. The van der Waals surface area contributed by atoms with E-state index in [2.05, 4.69) is 46.4 Å². The van der Waals surface area contributed by atoms with Crippen LogP contribution < -0.4 is 9.47 Å². The standard InChI is InChI=1S/C63H56N6O5/c1-62(2,41-49-39-55(66-68(49)57-35-17-19-37-64-57)53-33-21-31-51(47-27-13-7-14-28-47)59(53)71-43-45-23-9-5-10-24-45)73-61(70)74-63(3,4)42-50-40-56(67-69(50)58-36-18-20-38-65-58)54-34-22-32-52(48-29-15-8-16-30-48)60(54)72-44-46-25-11-6-12-26-46/h5-40H,41-44H2,1-4H3. The number of aromatic nitrogens is 6. The summed E-state index contributed by atoms with van der Waals surface area (Å²) in [5.41, 5.74) is 8.41. The van der Waals surface area contributed by atoms with Crippen molar-refractivity contribution >= 4 is 6.16 Å². The third kappa shape index (κ3) is 11.5. The van der Waals surface area contributed by atoms with E-state index in [1.165, 1.54) is 0 Å². The second-order valence-corrected chi connectivity index (χ2v) is 19.2. The summed E-state index contributed by atoms with van der Waals surface area (Å²) in [5, 5.41) is 10.3. The van der Waals surface area contributed by atoms with Crippen LogP contribution in [-0.2, 0) is 35.5 Å². The molecule has 11 heteroatoms. The van der Waals surface area contributed by atoms with E-state index < -0.39 is 17.4 Å². The fraction of sp³-hybridized carbons (Fsp3) is 0.159. The number of ether oxygens (including phenoxy) is 4. The van der Waals surface area contributed by atoms with Gasteiger partial charge in [0, 0.05) is 47.5 Å². The number of rotatable bonds is 18. The Morgan fingerprint density at radius 3 is 1.18 bits per heavy atom. The van der Waals surface area contributed by atoms with E-state index in [0.717, 1.165) is 55.9 Å². The first-order valence-electron chi connectivity index (χ1n) is 24.7. The summed E-state index contributed by atoms with van der Waals surface area (Å²) in [6, 6.07) is 68.2. The van der Waals surface area contributed by atoms with Crippen LogP contribution in [0, 0.1) is 0 Å². The van der Waals surface area contributed by atoms with E-state index in [-0.39, 0.29) is 12.8 Å². The lowest BCUT2D eigenvalue weighted by molar-refractivity contribution is -0.0589. The Hall–Kier alpha value is -9.09. The molecule has 0 fully saturated rings. The second kappa shape index (κ2) is 21.7. The van der Waals surface area contributed by atoms with Gasteiger partial charge in [0.1, 0.15) is 35.9 Å². The molecule has 0 aliphatic rings. The molecule has 0 unspecified atom stereocenters. The lowest BCUT2D eigenvalue weighted by atomic mass is 9.98. The van der Waals surface area contributed by atoms with Crippen molar-refractivity contribution in [1.29, 1.82) is 0 Å². The lowest BCUT2D eigenvalue weighted by Gasteiger charge is -2.29. The summed E-state index contributed by atoms with van der Waals surface area (Å²) < 4.78 is 29.5. The zero-order valence-electron chi connectivity index (χ0n) is 41.8. The van der Waals surface area contributed by atoms with Gasteiger partial charge in [0.25, 0.3) is 0 Å². The van der Waals surface area contributed by atoms with Crippen molar-refractivity contribution < 1.29 is 23.7 Å². The highest BCUT2D eigenvalue weighted by Crippen LogP contribution is 2.42. The number of hydrogen-bond acceptors (Lipinski definition) is 9. The molecule has 11 nitrogen and oxygen atoms in total. The average Bonchev–Trinajstić information content (AvgIpc) is 4.04. The summed E-state index contributed by atoms with van der Waals surface area (Å²) in [6.07, 6.45) is 3.20. The maximum Gasteiger partial charge on any atom is 0.509 e. The van der Waals surface area contributed by atoms with E-state index in [1.807, 2.05) is 198 Å². The molecule has 0 radical (unpaired) electrons. The highest BCUT2D eigenvalue weighted by molar-refractivity contribution is 5.82. The molecular weight excluding hydrogens is 921 g/mol. The van der Waals surface area contributed by atoms with E-state index in [1.54, 1.807) is 21.8 Å². The molecule has 10 aromatic rings. The fourth-order valence-corrected chi connectivity index (χ4v) is 9.06. The second-order valence-electron chi connectivity index (χ2n) is 19.2. The van der Waals surface area contributed by atoms with Gasteiger partial charge in [-0.1, -0.05) is 158 Å². The Bertz CT molecular complexity index is 3230. The van der Waals surface area contributed by atoms with Gasteiger partial charge in [0.15, 0.2) is 11.6 Å². The van der Waals surface area contributed by atoms with Crippen LogP contribution in [0.15, 0.2) is 219 Å². The summed E-state index contributed by atoms with van der Waals surface area (Å²) in [4.78, 5) is 23.4. The van der Waals surface area contributed by atoms with Gasteiger partial charge in [-0.3, -0.25) is 0 Å². The largest absolute Gasteiger partial charge is 0.509 e. The minimum absolute atomic E-state index is 0.275. The SMILES string of the molecule is CC(C)(Cc1cc(-c2cccc(-c3ccccc3)c2OCc2ccccc2)nn1-c1ccccn1)OC(=O)OC(C)(C)Cc1cc(-c2cccc(-c3ccccc3)c2OCc2ccccc2)nn1-c1ccccn1. The van der Waals surface area contributed by atoms with E-state index in [0.29, 0.717) is 47.7 Å². The molecule has 6 aromatic carbocycles. The molecule has 0 atom stereocenters. The molecular formula is C63H56N6O5. The summed E-state index contributed by atoms with van der Waals surface area (Å²) in [7, 11) is 0. The monoisotopic (exact) mass is 976 g/mol. The van der Waals surface area contributed by atoms with Crippen molar-refractivity contribution in [3.63, 3.8) is 0 Å². The third-order valence-corrected chi connectivity index (χ3v) is 12.4. The molecule has 10 rings (SSSR count). The average molecular weight is 977 g/mol. The lowest BCUT2D eigenvalue weighted by Crippen LogP contribution is -2.37. The first-order valence-corrected chi connectivity index (χ1v) is 24.7. The van der Waals surface area contributed by atoms with Gasteiger partial charge in [-0.25, -0.2) is 24.1 Å². The molecule has 0 bridgehead atoms. The molecule has 0 spiro atoms. The van der Waals surface area contributed by atoms with Gasteiger partial charge >= 0.3 is 6.16 Å². The topological polar surface area (TPSA) is 115 Å². The maximum atomic E-state index is 14.1. The number of hydrogen-bond donors (Lipinski definition) is 0. The minimum atomic E-state index is -1.06. The highest BCUT2D eigenvalue weighted by atomic mass is 16.7. The normalized spacial score (nSPS) is 11.5. The van der Waals surface area contributed by atoms with Gasteiger partial charge in [0.2, 0.25) is 0 Å². The number of pyridine rings is 2. The smallest absolute Gasteiger partial charge is 0.488 e. The molecule has 74 heavy (non-hydrogen) atoms. The molecule has 0 N–H and O–H groups in total. The first kappa shape index (κ1) is 48.5. The fourth-order valence-electron chi connectivity index (χ4n) is 9.06. The molecule has 4 aromatic heterocycles. The van der Waals surface area contributed by atoms with Crippen molar-refractivity contribution in [3.05, 3.63) is 241 Å². The van der Waals surface area contributed by atoms with Crippen LogP contribution >= 0.6 is 0 Å². The predicted octanol–water partition coefficient (Wildman–Crippen LogP) is 14.2. The molecule has 0 aliphatic heterocycles. The summed E-state index contributed by atoms with van der Waals surface area (Å²) in [6.45, 7) is 8.20. The van der Waals surface area contributed by atoms with Crippen molar-refractivity contribution in [1.82, 2.24) is 29.5 Å². The van der Waals surface area contributed by atoms with Gasteiger partial charge in [0.05, 0.1) is 22.8 Å². The molecule has 0 saturated heterocycles. The maximum absolute atomic E-state index is 14.1. The van der Waals surface area contributed by atoms with Crippen LogP contribution in [0.1, 0.15) is 50.2 Å². The zero-order chi connectivity index (χ0) is 50.9. The van der Waals surface area contributed by atoms with Crippen LogP contribution in [0.2, 0.25) is 0 Å². The van der Waals surface area contributed by atoms with Crippen molar-refractivity contribution in [2.24, 2.45) is 0 Å². The number of nitrogens with zero attached hydrogens (tertiary/aromatic N) is 6. The molecule has 4 heterocycles. The van der Waals surface area contributed by atoms with Crippen LogP contribution in [-0.4, -0.2) is 46.9 Å². The Labute approximate surface area is 431 Å². The Morgan fingerprint density at radius 1 is 0.432 bits per heavy atom. The van der Waals surface area contributed by atoms with E-state index >= 15 is 0 Å². The molecule has 0 amide bonds. The van der Waals surface area contributed by atoms with Crippen LogP contribution in [0.5, 0.6) is 11.5 Å². The number of carbonyl (C=O) groups is 1. The number of benzene rings is 6. The van der Waals surface area contributed by atoms with Crippen LogP contribution in [0.25, 0.3) is 56.4 Å². The Kier molecular flexibility index (Phi) is 14.2. The van der Waals surface area contributed by atoms with Crippen molar-refractivity contribution in [2.45, 2.75) is 65.0 Å². The molecule has 0 aliphatic carbocycles. The van der Waals surface area contributed by atoms with E-state index in [4.69, 9.17) is 29.1 Å². The van der Waals surface area contributed by atoms with E-state index in [9.17, 15) is 4.79 Å². The molecule has 368 valence electrons. The summed E-state index contributed by atoms with van der Waals surface area (Å²) >= 11 is 0. The van der Waals surface area contributed by atoms with Crippen LogP contribution in [0.3, 0.4) is 0 Å². The summed E-state index contributed by atoms with van der Waals surface area (Å²) in [5.74, 6) is 2.64.